The van der Waals surface area contributed by atoms with Crippen LogP contribution in [0.25, 0.3) is 0 Å². The third-order valence-electron chi connectivity index (χ3n) is 3.24. The van der Waals surface area contributed by atoms with Crippen molar-refractivity contribution in [1.82, 2.24) is 4.90 Å². The van der Waals surface area contributed by atoms with Crippen LogP contribution in [-0.2, 0) is 0 Å². The van der Waals surface area contributed by atoms with Crippen molar-refractivity contribution in [2.45, 2.75) is 6.92 Å². The van der Waals surface area contributed by atoms with Crippen molar-refractivity contribution in [1.29, 1.82) is 0 Å². The molecule has 114 valence electrons. The molecule has 0 spiro atoms. The number of carbonyl (C=O) groups is 2. The summed E-state index contributed by atoms with van der Waals surface area (Å²) in [5, 5.41) is 2.82. The normalized spacial score (nSPS) is 10.5. The summed E-state index contributed by atoms with van der Waals surface area (Å²) >= 11 is 0. The molecule has 0 aliphatic carbocycles. The van der Waals surface area contributed by atoms with Gasteiger partial charge in [0.15, 0.2) is 5.78 Å². The molecule has 2 aromatic carbocycles. The Balaban J connectivity index is 2.03. The Labute approximate surface area is 130 Å². The maximum Gasteiger partial charge on any atom is 0.255 e. The van der Waals surface area contributed by atoms with E-state index in [4.69, 9.17) is 0 Å². The van der Waals surface area contributed by atoms with E-state index in [0.717, 1.165) is 5.56 Å². The van der Waals surface area contributed by atoms with Crippen LogP contribution in [0, 0.1) is 6.92 Å². The fourth-order valence-corrected chi connectivity index (χ4v) is 2.03. The van der Waals surface area contributed by atoms with E-state index in [-0.39, 0.29) is 11.7 Å². The number of anilines is 1. The van der Waals surface area contributed by atoms with E-state index in [1.54, 1.807) is 36.4 Å². The molecule has 2 rings (SSSR count). The Morgan fingerprint density at radius 2 is 1.45 bits per heavy atom. The summed E-state index contributed by atoms with van der Waals surface area (Å²) in [5.74, 6) is -0.103. The lowest BCUT2D eigenvalue weighted by Crippen LogP contribution is -2.21. The highest BCUT2D eigenvalue weighted by Crippen LogP contribution is 2.12. The van der Waals surface area contributed by atoms with Gasteiger partial charge in [-0.25, -0.2) is 0 Å². The SMILES string of the molecule is Cc1ccc(C(=O)Nc2ccc(C(=O)CN(C)C)cc2)cc1. The fourth-order valence-electron chi connectivity index (χ4n) is 2.03. The molecule has 4 nitrogen and oxygen atoms in total. The molecule has 4 heteroatoms. The minimum atomic E-state index is -0.160. The summed E-state index contributed by atoms with van der Waals surface area (Å²) in [6.45, 7) is 2.35. The number of hydrogen-bond donors (Lipinski definition) is 1. The van der Waals surface area contributed by atoms with Crippen LogP contribution >= 0.6 is 0 Å². The first kappa shape index (κ1) is 15.9. The topological polar surface area (TPSA) is 49.4 Å². The van der Waals surface area contributed by atoms with Gasteiger partial charge in [-0.05, 0) is 57.4 Å². The zero-order valence-corrected chi connectivity index (χ0v) is 13.1. The summed E-state index contributed by atoms with van der Waals surface area (Å²) in [7, 11) is 3.71. The standard InChI is InChI=1S/C18H20N2O2/c1-13-4-6-15(7-5-13)18(22)19-16-10-8-14(9-11-16)17(21)12-20(2)3/h4-11H,12H2,1-3H3,(H,19,22). The lowest BCUT2D eigenvalue weighted by Gasteiger charge is -2.09. The molecule has 2 aromatic rings. The third kappa shape index (κ3) is 4.27. The van der Waals surface area contributed by atoms with Gasteiger partial charge in [0.25, 0.3) is 5.91 Å². The molecule has 0 saturated carbocycles. The molecule has 0 aliphatic heterocycles. The molecule has 0 bridgehead atoms. The number of carbonyl (C=O) groups excluding carboxylic acids is 2. The van der Waals surface area contributed by atoms with Gasteiger partial charge in [0, 0.05) is 16.8 Å². The van der Waals surface area contributed by atoms with Gasteiger partial charge in [0.2, 0.25) is 0 Å². The van der Waals surface area contributed by atoms with Crippen LogP contribution in [0.15, 0.2) is 48.5 Å². The minimum absolute atomic E-state index is 0.0569. The van der Waals surface area contributed by atoms with Crippen molar-refractivity contribution in [2.75, 3.05) is 26.0 Å². The number of benzene rings is 2. The molecule has 1 N–H and O–H groups in total. The first-order valence-electron chi connectivity index (χ1n) is 7.12. The van der Waals surface area contributed by atoms with E-state index >= 15 is 0 Å². The third-order valence-corrected chi connectivity index (χ3v) is 3.24. The van der Waals surface area contributed by atoms with Crippen LogP contribution in [0.1, 0.15) is 26.3 Å². The Morgan fingerprint density at radius 3 is 2.00 bits per heavy atom. The number of hydrogen-bond acceptors (Lipinski definition) is 3. The molecule has 0 aliphatic rings. The first-order chi connectivity index (χ1) is 10.5. The molecule has 0 fully saturated rings. The van der Waals surface area contributed by atoms with Crippen LogP contribution in [0.2, 0.25) is 0 Å². The number of ketones is 1. The average molecular weight is 296 g/mol. The summed E-state index contributed by atoms with van der Waals surface area (Å²) in [4.78, 5) is 25.8. The Hall–Kier alpha value is -2.46. The highest BCUT2D eigenvalue weighted by atomic mass is 16.1. The smallest absolute Gasteiger partial charge is 0.255 e. The number of nitrogens with one attached hydrogen (secondary N) is 1. The number of amides is 1. The maximum atomic E-state index is 12.1. The van der Waals surface area contributed by atoms with Gasteiger partial charge >= 0.3 is 0 Å². The molecule has 0 unspecified atom stereocenters. The van der Waals surface area contributed by atoms with E-state index in [2.05, 4.69) is 5.32 Å². The van der Waals surface area contributed by atoms with E-state index in [1.807, 2.05) is 38.1 Å². The van der Waals surface area contributed by atoms with E-state index in [9.17, 15) is 9.59 Å². The lowest BCUT2D eigenvalue weighted by atomic mass is 10.1. The van der Waals surface area contributed by atoms with Crippen LogP contribution < -0.4 is 5.32 Å². The predicted octanol–water partition coefficient (Wildman–Crippen LogP) is 2.99. The average Bonchev–Trinajstić information content (AvgIpc) is 2.48. The van der Waals surface area contributed by atoms with Crippen LogP contribution in [0.5, 0.6) is 0 Å². The molecule has 0 heterocycles. The number of likely N-dealkylation sites (N-methyl/N-ethyl adjacent to an activating group) is 1. The van der Waals surface area contributed by atoms with Crippen molar-refractivity contribution in [3.05, 3.63) is 65.2 Å². The zero-order valence-electron chi connectivity index (χ0n) is 13.1. The highest BCUT2D eigenvalue weighted by molar-refractivity contribution is 6.04. The molecular weight excluding hydrogens is 276 g/mol. The number of nitrogens with zero attached hydrogens (tertiary/aromatic N) is 1. The largest absolute Gasteiger partial charge is 0.322 e. The van der Waals surface area contributed by atoms with Gasteiger partial charge in [0.05, 0.1) is 6.54 Å². The Kier molecular flexibility index (Phi) is 5.07. The zero-order chi connectivity index (χ0) is 16.1. The van der Waals surface area contributed by atoms with E-state index in [1.165, 1.54) is 0 Å². The quantitative estimate of drug-likeness (QED) is 0.863. The van der Waals surface area contributed by atoms with Gasteiger partial charge in [-0.1, -0.05) is 17.7 Å². The number of aryl methyl sites for hydroxylation is 1. The van der Waals surface area contributed by atoms with Crippen molar-refractivity contribution < 1.29 is 9.59 Å². The highest BCUT2D eigenvalue weighted by Gasteiger charge is 2.08. The number of rotatable bonds is 5. The maximum absolute atomic E-state index is 12.1. The molecule has 22 heavy (non-hydrogen) atoms. The summed E-state index contributed by atoms with van der Waals surface area (Å²) in [6, 6.07) is 14.3. The van der Waals surface area contributed by atoms with Crippen LogP contribution in [0.4, 0.5) is 5.69 Å². The molecule has 0 saturated heterocycles. The van der Waals surface area contributed by atoms with E-state index in [0.29, 0.717) is 23.4 Å². The van der Waals surface area contributed by atoms with Crippen molar-refractivity contribution in [3.63, 3.8) is 0 Å². The first-order valence-corrected chi connectivity index (χ1v) is 7.12. The molecule has 0 atom stereocenters. The fraction of sp³-hybridized carbons (Fsp3) is 0.222. The summed E-state index contributed by atoms with van der Waals surface area (Å²) < 4.78 is 0. The second-order valence-electron chi connectivity index (χ2n) is 5.56. The minimum Gasteiger partial charge on any atom is -0.322 e. The lowest BCUT2D eigenvalue weighted by molar-refractivity contribution is 0.0957. The second-order valence-corrected chi connectivity index (χ2v) is 5.56. The summed E-state index contributed by atoms with van der Waals surface area (Å²) in [5.41, 5.74) is 3.03. The van der Waals surface area contributed by atoms with Crippen molar-refractivity contribution in [3.8, 4) is 0 Å². The van der Waals surface area contributed by atoms with Crippen molar-refractivity contribution >= 4 is 17.4 Å². The molecule has 1 amide bonds. The number of Topliss-reactive ketones (excluding diaryl/α,β-unsaturated/α-hetero) is 1. The Morgan fingerprint density at radius 1 is 0.909 bits per heavy atom. The van der Waals surface area contributed by atoms with Gasteiger partial charge < -0.3 is 10.2 Å². The second kappa shape index (κ2) is 7.00. The monoisotopic (exact) mass is 296 g/mol. The molecule has 0 radical (unpaired) electrons. The Bertz CT molecular complexity index is 658. The van der Waals surface area contributed by atoms with Gasteiger partial charge in [0.1, 0.15) is 0 Å². The predicted molar refractivity (Wildman–Crippen MR) is 88.5 cm³/mol. The van der Waals surface area contributed by atoms with Gasteiger partial charge in [-0.2, -0.15) is 0 Å². The van der Waals surface area contributed by atoms with Crippen LogP contribution in [0.3, 0.4) is 0 Å². The van der Waals surface area contributed by atoms with Crippen molar-refractivity contribution in [2.24, 2.45) is 0 Å². The summed E-state index contributed by atoms with van der Waals surface area (Å²) in [6.07, 6.45) is 0. The molecule has 0 aromatic heterocycles. The van der Waals surface area contributed by atoms with Gasteiger partial charge in [-0.15, -0.1) is 0 Å². The van der Waals surface area contributed by atoms with Crippen LogP contribution in [-0.4, -0.2) is 37.2 Å². The molecular formula is C18H20N2O2. The van der Waals surface area contributed by atoms with Gasteiger partial charge in [-0.3, -0.25) is 9.59 Å². The van der Waals surface area contributed by atoms with E-state index < -0.39 is 0 Å².